The highest BCUT2D eigenvalue weighted by molar-refractivity contribution is 4.67. The predicted octanol–water partition coefficient (Wildman–Crippen LogP) is 4.31. The highest BCUT2D eigenvalue weighted by atomic mass is 35.5. The van der Waals surface area contributed by atoms with Crippen molar-refractivity contribution >= 4 is 0 Å². The number of ether oxygens (including phenoxy) is 2. The van der Waals surface area contributed by atoms with Gasteiger partial charge >= 0.3 is 0 Å². The zero-order chi connectivity index (χ0) is 31.9. The minimum atomic E-state index is 0. The number of halogens is 2. The van der Waals surface area contributed by atoms with Gasteiger partial charge in [0.15, 0.2) is 13.5 Å². The van der Waals surface area contributed by atoms with Gasteiger partial charge in [0.05, 0.1) is 26.3 Å². The van der Waals surface area contributed by atoms with Gasteiger partial charge in [0.1, 0.15) is 24.8 Å². The van der Waals surface area contributed by atoms with E-state index < -0.39 is 0 Å². The van der Waals surface area contributed by atoms with E-state index in [2.05, 4.69) is 69.6 Å². The van der Waals surface area contributed by atoms with E-state index in [1.807, 2.05) is 0 Å². The van der Waals surface area contributed by atoms with Crippen molar-refractivity contribution < 1.29 is 43.4 Å². The third kappa shape index (κ3) is 27.4. The van der Waals surface area contributed by atoms with Crippen molar-refractivity contribution in [2.45, 2.75) is 201 Å². The summed E-state index contributed by atoms with van der Waals surface area (Å²) in [6.07, 6.45) is 47.4. The lowest BCUT2D eigenvalue weighted by molar-refractivity contribution is -0.733. The molecule has 0 amide bonds. The van der Waals surface area contributed by atoms with Gasteiger partial charge in [-0.15, -0.1) is 0 Å². The average molecular weight is 702 g/mol. The number of rotatable bonds is 34. The van der Waals surface area contributed by atoms with Crippen LogP contribution in [0.3, 0.4) is 0 Å². The molecule has 0 bridgehead atoms. The maximum atomic E-state index is 5.87. The fraction of sp³-hybridized carbons (Fsp3) is 0.846. The first kappa shape index (κ1) is 45.9. The van der Waals surface area contributed by atoms with Gasteiger partial charge in [-0.25, -0.2) is 18.3 Å². The lowest BCUT2D eigenvalue weighted by Crippen LogP contribution is -3.00. The van der Waals surface area contributed by atoms with Gasteiger partial charge in [-0.05, 0) is 32.1 Å². The number of nitrogens with zero attached hydrogens (tertiary/aromatic N) is 4. The third-order valence-corrected chi connectivity index (χ3v) is 9.09. The van der Waals surface area contributed by atoms with E-state index in [4.69, 9.17) is 9.47 Å². The lowest BCUT2D eigenvalue weighted by Gasteiger charge is -2.03. The zero-order valence-corrected chi connectivity index (χ0v) is 32.3. The van der Waals surface area contributed by atoms with Gasteiger partial charge in [-0.2, -0.15) is 0 Å². The SMILES string of the molecule is CCCCCCCCCCCCCCn1cc[n+](COCCCOC[n+]2ccn(CCCCCCCCCCCCCC)c2)c1.[Cl-].[Cl-]. The molecule has 0 aromatic carbocycles. The molecule has 2 aromatic heterocycles. The van der Waals surface area contributed by atoms with Crippen LogP contribution in [0.5, 0.6) is 0 Å². The molecule has 6 nitrogen and oxygen atoms in total. The summed E-state index contributed by atoms with van der Waals surface area (Å²) in [6.45, 7) is 9.48. The first-order valence-corrected chi connectivity index (χ1v) is 19.6. The molecule has 0 saturated carbocycles. The summed E-state index contributed by atoms with van der Waals surface area (Å²) >= 11 is 0. The standard InChI is InChI=1S/C39H74N4O2.2ClH/c1-3-5-7-9-11-13-15-17-19-21-23-25-28-40-30-32-42(36-40)38-44-34-27-35-45-39-43-33-31-41(37-43)29-26-24-22-20-18-16-14-12-10-8-6-4-2;;/h30-33,36-37H,3-29,34-35,38-39H2,1-2H3;2*1H/q+2;;/p-2. The quantitative estimate of drug-likeness (QED) is 0.0807. The van der Waals surface area contributed by atoms with Crippen molar-refractivity contribution in [3.63, 3.8) is 0 Å². The van der Waals surface area contributed by atoms with E-state index in [9.17, 15) is 0 Å². The van der Waals surface area contributed by atoms with Gasteiger partial charge in [0.2, 0.25) is 12.7 Å². The molecule has 0 atom stereocenters. The number of aromatic nitrogens is 4. The highest BCUT2D eigenvalue weighted by Gasteiger charge is 2.06. The molecular weight excluding hydrogens is 627 g/mol. The topological polar surface area (TPSA) is 36.1 Å². The molecule has 0 aliphatic heterocycles. The number of unbranched alkanes of at least 4 members (excludes halogenated alkanes) is 22. The molecular formula is C39H74Cl2N4O2. The van der Waals surface area contributed by atoms with Crippen LogP contribution >= 0.6 is 0 Å². The van der Waals surface area contributed by atoms with E-state index in [0.717, 1.165) is 32.7 Å². The molecule has 0 N–H and O–H groups in total. The smallest absolute Gasteiger partial charge is 0.245 e. The van der Waals surface area contributed by atoms with Crippen LogP contribution in [-0.2, 0) is 36.0 Å². The number of imidazole rings is 2. The molecule has 2 rings (SSSR count). The van der Waals surface area contributed by atoms with Gasteiger partial charge in [-0.3, -0.25) is 0 Å². The Morgan fingerprint density at radius 2 is 0.702 bits per heavy atom. The Balaban J connectivity index is 0.0000106. The lowest BCUT2D eigenvalue weighted by atomic mass is 10.1. The molecule has 0 spiro atoms. The molecule has 0 unspecified atom stereocenters. The Kier molecular flexibility index (Phi) is 34.0. The summed E-state index contributed by atoms with van der Waals surface area (Å²) in [7, 11) is 0. The minimum absolute atomic E-state index is 0. The van der Waals surface area contributed by atoms with Crippen molar-refractivity contribution in [1.82, 2.24) is 9.13 Å². The van der Waals surface area contributed by atoms with E-state index in [1.165, 1.54) is 154 Å². The first-order chi connectivity index (χ1) is 22.3. The van der Waals surface area contributed by atoms with Gasteiger partial charge < -0.3 is 34.3 Å². The van der Waals surface area contributed by atoms with Crippen LogP contribution in [0.25, 0.3) is 0 Å². The Bertz CT molecular complexity index is 822. The van der Waals surface area contributed by atoms with Crippen molar-refractivity contribution in [1.29, 1.82) is 0 Å². The summed E-state index contributed by atoms with van der Waals surface area (Å²) in [5.41, 5.74) is 0. The summed E-state index contributed by atoms with van der Waals surface area (Å²) in [5.74, 6) is 0. The third-order valence-electron chi connectivity index (χ3n) is 9.09. The molecule has 2 aromatic rings. The van der Waals surface area contributed by atoms with Crippen LogP contribution in [0.2, 0.25) is 0 Å². The molecule has 2 heterocycles. The van der Waals surface area contributed by atoms with Crippen LogP contribution in [0.15, 0.2) is 37.4 Å². The van der Waals surface area contributed by atoms with Gasteiger partial charge in [0.25, 0.3) is 0 Å². The second-order valence-electron chi connectivity index (χ2n) is 13.5. The second-order valence-corrected chi connectivity index (χ2v) is 13.5. The highest BCUT2D eigenvalue weighted by Crippen LogP contribution is 2.13. The molecule has 0 radical (unpaired) electrons. The normalized spacial score (nSPS) is 11.1. The minimum Gasteiger partial charge on any atom is -1.00 e. The van der Waals surface area contributed by atoms with Crippen molar-refractivity contribution in [3.8, 4) is 0 Å². The van der Waals surface area contributed by atoms with Crippen molar-refractivity contribution in [2.75, 3.05) is 13.2 Å². The summed E-state index contributed by atoms with van der Waals surface area (Å²) in [4.78, 5) is 0. The molecule has 0 aliphatic rings. The van der Waals surface area contributed by atoms with Crippen molar-refractivity contribution in [3.05, 3.63) is 37.4 Å². The summed E-state index contributed by atoms with van der Waals surface area (Å²) < 4.78 is 20.6. The van der Waals surface area contributed by atoms with E-state index in [1.54, 1.807) is 0 Å². The second kappa shape index (κ2) is 34.8. The fourth-order valence-electron chi connectivity index (χ4n) is 6.17. The first-order valence-electron chi connectivity index (χ1n) is 19.6. The van der Waals surface area contributed by atoms with E-state index in [-0.39, 0.29) is 24.8 Å². The van der Waals surface area contributed by atoms with Crippen LogP contribution in [0.1, 0.15) is 174 Å². The summed E-state index contributed by atoms with van der Waals surface area (Å²) in [5, 5.41) is 0. The molecule has 276 valence electrons. The molecule has 8 heteroatoms. The van der Waals surface area contributed by atoms with Crippen LogP contribution in [-0.4, -0.2) is 22.3 Å². The van der Waals surface area contributed by atoms with Gasteiger partial charge in [-0.1, -0.05) is 142 Å². The maximum Gasteiger partial charge on any atom is 0.245 e. The molecule has 0 fully saturated rings. The predicted molar refractivity (Wildman–Crippen MR) is 188 cm³/mol. The van der Waals surface area contributed by atoms with E-state index >= 15 is 0 Å². The Labute approximate surface area is 303 Å². The Morgan fingerprint density at radius 3 is 1.02 bits per heavy atom. The number of aryl methyl sites for hydroxylation is 2. The zero-order valence-electron chi connectivity index (χ0n) is 30.7. The van der Waals surface area contributed by atoms with Gasteiger partial charge in [0, 0.05) is 0 Å². The largest absolute Gasteiger partial charge is 1.00 e. The number of hydrogen-bond acceptors (Lipinski definition) is 2. The van der Waals surface area contributed by atoms with E-state index in [0.29, 0.717) is 13.5 Å². The van der Waals surface area contributed by atoms with Crippen LogP contribution in [0, 0.1) is 0 Å². The average Bonchev–Trinajstić information content (AvgIpc) is 3.71. The monoisotopic (exact) mass is 701 g/mol. The molecule has 0 saturated heterocycles. The maximum absolute atomic E-state index is 5.87. The Hall–Kier alpha value is -1.08. The Morgan fingerprint density at radius 1 is 0.404 bits per heavy atom. The number of hydrogen-bond donors (Lipinski definition) is 0. The molecule has 0 aliphatic carbocycles. The van der Waals surface area contributed by atoms with Crippen LogP contribution < -0.4 is 33.9 Å². The fourth-order valence-corrected chi connectivity index (χ4v) is 6.17. The van der Waals surface area contributed by atoms with Crippen molar-refractivity contribution in [2.24, 2.45) is 0 Å². The summed E-state index contributed by atoms with van der Waals surface area (Å²) in [6, 6.07) is 0. The molecule has 47 heavy (non-hydrogen) atoms. The van der Waals surface area contributed by atoms with Crippen LogP contribution in [0.4, 0.5) is 0 Å².